The molecular formula is C20H19N3O3S. The number of carbonyl (C=O) groups excluding carboxylic acids is 1. The molecule has 27 heavy (non-hydrogen) atoms. The third-order valence-corrected chi connectivity index (χ3v) is 6.70. The molecule has 1 heterocycles. The van der Waals surface area contributed by atoms with Crippen molar-refractivity contribution in [1.82, 2.24) is 9.78 Å². The molecule has 0 radical (unpaired) electrons. The maximum atomic E-state index is 12.1. The van der Waals surface area contributed by atoms with Crippen LogP contribution in [0.1, 0.15) is 28.5 Å². The van der Waals surface area contributed by atoms with Crippen molar-refractivity contribution in [3.8, 4) is 16.9 Å². The van der Waals surface area contributed by atoms with Crippen LogP contribution in [0.15, 0.2) is 53.4 Å². The van der Waals surface area contributed by atoms with Gasteiger partial charge >= 0.3 is 0 Å². The Morgan fingerprint density at radius 2 is 1.81 bits per heavy atom. The molecule has 4 rings (SSSR count). The van der Waals surface area contributed by atoms with Crippen molar-refractivity contribution in [2.75, 3.05) is 5.75 Å². The number of fused-ring (bicyclic) bond motifs is 3. The van der Waals surface area contributed by atoms with Crippen LogP contribution in [-0.2, 0) is 22.7 Å². The van der Waals surface area contributed by atoms with Gasteiger partial charge in [0.2, 0.25) is 0 Å². The summed E-state index contributed by atoms with van der Waals surface area (Å²) >= 11 is 0. The number of benzene rings is 2. The lowest BCUT2D eigenvalue weighted by molar-refractivity contribution is 0.0994. The maximum Gasteiger partial charge on any atom is 0.269 e. The van der Waals surface area contributed by atoms with E-state index in [-0.39, 0.29) is 16.3 Å². The van der Waals surface area contributed by atoms with E-state index in [1.807, 2.05) is 18.2 Å². The molecule has 1 amide bonds. The molecule has 2 N–H and O–H groups in total. The third kappa shape index (κ3) is 2.84. The van der Waals surface area contributed by atoms with Crippen LogP contribution < -0.4 is 5.73 Å². The van der Waals surface area contributed by atoms with Gasteiger partial charge in [0.15, 0.2) is 15.5 Å². The lowest BCUT2D eigenvalue weighted by Gasteiger charge is -2.18. The van der Waals surface area contributed by atoms with Gasteiger partial charge in [0.1, 0.15) is 0 Å². The zero-order chi connectivity index (χ0) is 19.2. The van der Waals surface area contributed by atoms with Crippen molar-refractivity contribution < 1.29 is 13.2 Å². The average molecular weight is 381 g/mol. The predicted molar refractivity (Wildman–Crippen MR) is 103 cm³/mol. The zero-order valence-electron chi connectivity index (χ0n) is 14.8. The van der Waals surface area contributed by atoms with Crippen LogP contribution in [0.25, 0.3) is 16.9 Å². The fraction of sp³-hybridized carbons (Fsp3) is 0.200. The Kier molecular flexibility index (Phi) is 4.11. The lowest BCUT2D eigenvalue weighted by Crippen LogP contribution is -2.15. The second kappa shape index (κ2) is 6.35. The second-order valence-corrected chi connectivity index (χ2v) is 8.78. The summed E-state index contributed by atoms with van der Waals surface area (Å²) in [7, 11) is -3.28. The number of hydrogen-bond acceptors (Lipinski definition) is 4. The lowest BCUT2D eigenvalue weighted by atomic mass is 9.89. The molecule has 0 fully saturated rings. The van der Waals surface area contributed by atoms with Gasteiger partial charge in [-0.15, -0.1) is 0 Å². The van der Waals surface area contributed by atoms with E-state index in [0.29, 0.717) is 12.1 Å². The number of nitrogens with zero attached hydrogens (tertiary/aromatic N) is 2. The molecule has 1 aliphatic carbocycles. The van der Waals surface area contributed by atoms with E-state index in [2.05, 4.69) is 11.2 Å². The minimum Gasteiger partial charge on any atom is -0.364 e. The summed E-state index contributed by atoms with van der Waals surface area (Å²) in [6.45, 7) is 1.61. The molecule has 7 heteroatoms. The summed E-state index contributed by atoms with van der Waals surface area (Å²) in [5.74, 6) is -0.516. The van der Waals surface area contributed by atoms with E-state index in [1.54, 1.807) is 35.9 Å². The highest BCUT2D eigenvalue weighted by molar-refractivity contribution is 7.91. The molecule has 0 spiro atoms. The molecule has 0 saturated heterocycles. The maximum absolute atomic E-state index is 12.1. The average Bonchev–Trinajstić information content (AvgIpc) is 3.08. The number of amides is 1. The van der Waals surface area contributed by atoms with Gasteiger partial charge in [0.25, 0.3) is 5.91 Å². The molecule has 0 unspecified atom stereocenters. The number of nitrogens with two attached hydrogens (primary N) is 1. The topological polar surface area (TPSA) is 95.1 Å². The van der Waals surface area contributed by atoms with Crippen LogP contribution in [0.5, 0.6) is 0 Å². The Labute approximate surface area is 157 Å². The molecular weight excluding hydrogens is 362 g/mol. The molecule has 6 nitrogen and oxygen atoms in total. The summed E-state index contributed by atoms with van der Waals surface area (Å²) in [6.07, 6.45) is 1.51. The van der Waals surface area contributed by atoms with Crippen LogP contribution in [0.2, 0.25) is 0 Å². The zero-order valence-corrected chi connectivity index (χ0v) is 15.7. The van der Waals surface area contributed by atoms with Crippen molar-refractivity contribution >= 4 is 15.7 Å². The van der Waals surface area contributed by atoms with Crippen LogP contribution in [0, 0.1) is 0 Å². The van der Waals surface area contributed by atoms with Gasteiger partial charge in [-0.1, -0.05) is 31.2 Å². The van der Waals surface area contributed by atoms with E-state index in [1.165, 1.54) is 5.56 Å². The van der Waals surface area contributed by atoms with E-state index in [4.69, 9.17) is 5.73 Å². The first kappa shape index (κ1) is 17.5. The first-order chi connectivity index (χ1) is 12.9. The van der Waals surface area contributed by atoms with Crippen molar-refractivity contribution in [3.63, 3.8) is 0 Å². The number of aromatic nitrogens is 2. The monoisotopic (exact) mass is 381 g/mol. The van der Waals surface area contributed by atoms with Crippen LogP contribution in [0.3, 0.4) is 0 Å². The highest BCUT2D eigenvalue weighted by atomic mass is 32.2. The molecule has 0 atom stereocenters. The molecule has 0 aliphatic heterocycles. The van der Waals surface area contributed by atoms with Gasteiger partial charge in [-0.25, -0.2) is 13.1 Å². The van der Waals surface area contributed by atoms with Gasteiger partial charge in [0.05, 0.1) is 22.0 Å². The SMILES string of the molecule is CCS(=O)(=O)c1ccc(-n2nc(C(N)=O)c3c2-c2ccccc2CC3)cc1. The van der Waals surface area contributed by atoms with Crippen molar-refractivity contribution in [2.24, 2.45) is 5.73 Å². The first-order valence-electron chi connectivity index (χ1n) is 8.75. The molecule has 0 saturated carbocycles. The van der Waals surface area contributed by atoms with Crippen LogP contribution >= 0.6 is 0 Å². The Balaban J connectivity index is 1.91. The summed E-state index contributed by atoms with van der Waals surface area (Å²) in [6, 6.07) is 14.6. The number of rotatable bonds is 4. The standard InChI is InChI=1S/C20H19N3O3S/c1-2-27(25,26)15-10-8-14(9-11-15)23-19-16-6-4-3-5-13(16)7-12-17(19)18(22-23)20(21)24/h3-6,8-11H,2,7,12H2,1H3,(H2,21,24). The van der Waals surface area contributed by atoms with Gasteiger partial charge in [-0.3, -0.25) is 4.79 Å². The van der Waals surface area contributed by atoms with E-state index >= 15 is 0 Å². The van der Waals surface area contributed by atoms with Crippen molar-refractivity contribution in [1.29, 1.82) is 0 Å². The van der Waals surface area contributed by atoms with Gasteiger partial charge in [-0.2, -0.15) is 5.10 Å². The Bertz CT molecular complexity index is 1150. The summed E-state index contributed by atoms with van der Waals surface area (Å²) in [5.41, 5.74) is 10.4. The molecule has 1 aromatic heterocycles. The van der Waals surface area contributed by atoms with Gasteiger partial charge in [-0.05, 0) is 42.7 Å². The van der Waals surface area contributed by atoms with Crippen LogP contribution in [0.4, 0.5) is 0 Å². The highest BCUT2D eigenvalue weighted by Crippen LogP contribution is 2.36. The van der Waals surface area contributed by atoms with E-state index in [0.717, 1.165) is 23.2 Å². The van der Waals surface area contributed by atoms with Gasteiger partial charge in [0, 0.05) is 11.1 Å². The van der Waals surface area contributed by atoms with Crippen LogP contribution in [-0.4, -0.2) is 29.9 Å². The van der Waals surface area contributed by atoms with Gasteiger partial charge < -0.3 is 5.73 Å². The van der Waals surface area contributed by atoms with Crippen molar-refractivity contribution in [2.45, 2.75) is 24.7 Å². The number of aryl methyl sites for hydroxylation is 1. The number of hydrogen-bond donors (Lipinski definition) is 1. The first-order valence-corrected chi connectivity index (χ1v) is 10.4. The Morgan fingerprint density at radius 3 is 2.48 bits per heavy atom. The predicted octanol–water partition coefficient (Wildman–Crippen LogP) is 2.53. The minimum absolute atomic E-state index is 0.0444. The fourth-order valence-corrected chi connectivity index (χ4v) is 4.42. The molecule has 1 aliphatic rings. The summed E-state index contributed by atoms with van der Waals surface area (Å²) in [5, 5.41) is 4.47. The summed E-state index contributed by atoms with van der Waals surface area (Å²) in [4.78, 5) is 12.2. The minimum atomic E-state index is -3.28. The number of sulfone groups is 1. The van der Waals surface area contributed by atoms with Crippen molar-refractivity contribution in [3.05, 3.63) is 65.4 Å². The Morgan fingerprint density at radius 1 is 1.11 bits per heavy atom. The number of primary amides is 1. The largest absolute Gasteiger partial charge is 0.364 e. The fourth-order valence-electron chi connectivity index (χ4n) is 3.54. The highest BCUT2D eigenvalue weighted by Gasteiger charge is 2.27. The van der Waals surface area contributed by atoms with E-state index in [9.17, 15) is 13.2 Å². The quantitative estimate of drug-likeness (QED) is 0.751. The molecule has 3 aromatic rings. The Hall–Kier alpha value is -2.93. The third-order valence-electron chi connectivity index (χ3n) is 4.95. The van der Waals surface area contributed by atoms with E-state index < -0.39 is 15.7 Å². The molecule has 2 aromatic carbocycles. The normalized spacial score (nSPS) is 13.1. The molecule has 0 bridgehead atoms. The second-order valence-electron chi connectivity index (χ2n) is 6.51. The molecule has 138 valence electrons. The smallest absolute Gasteiger partial charge is 0.269 e. The number of carbonyl (C=O) groups is 1. The summed E-state index contributed by atoms with van der Waals surface area (Å²) < 4.78 is 25.8.